The Balaban J connectivity index is 1.99. The Kier molecular flexibility index (Phi) is 4.44. The molecule has 1 saturated heterocycles. The largest absolute Gasteiger partial charge is 0.598 e. The molecule has 1 aliphatic heterocycles. The minimum absolute atomic E-state index is 0.0586. The maximum absolute atomic E-state index is 12.1. The highest BCUT2D eigenvalue weighted by Gasteiger charge is 2.26. The average molecular weight is 317 g/mol. The zero-order chi connectivity index (χ0) is 12.3. The first-order valence-electron chi connectivity index (χ1n) is 5.30. The van der Waals surface area contributed by atoms with E-state index in [4.69, 9.17) is 0 Å². The number of piperazine rings is 1. The number of hydrogen-bond acceptors (Lipinski definition) is 3. The van der Waals surface area contributed by atoms with Crippen LogP contribution in [0.5, 0.6) is 0 Å². The van der Waals surface area contributed by atoms with Crippen molar-refractivity contribution >= 4 is 33.2 Å². The zero-order valence-electron chi connectivity index (χ0n) is 9.19. The van der Waals surface area contributed by atoms with Gasteiger partial charge >= 0.3 is 0 Å². The second-order valence-electron chi connectivity index (χ2n) is 3.77. The van der Waals surface area contributed by atoms with E-state index in [1.165, 1.54) is 0 Å². The number of amides is 1. The van der Waals surface area contributed by atoms with E-state index in [1.54, 1.807) is 4.31 Å². The van der Waals surface area contributed by atoms with Gasteiger partial charge in [-0.1, -0.05) is 34.1 Å². The van der Waals surface area contributed by atoms with Crippen LogP contribution in [0.15, 0.2) is 28.7 Å². The van der Waals surface area contributed by atoms with Crippen molar-refractivity contribution in [2.24, 2.45) is 0 Å². The molecule has 0 saturated carbocycles. The average Bonchev–Trinajstić information content (AvgIpc) is 2.32. The SMILES string of the molecule is O=C1CN([S+]([O-])Cc2ccccc2Br)CCN1. The van der Waals surface area contributed by atoms with Gasteiger partial charge in [-0.3, -0.25) is 4.79 Å². The molecule has 1 N–H and O–H groups in total. The molecular formula is C11H13BrN2O2S. The van der Waals surface area contributed by atoms with Gasteiger partial charge in [-0.25, -0.2) is 0 Å². The van der Waals surface area contributed by atoms with Crippen molar-refractivity contribution in [3.63, 3.8) is 0 Å². The van der Waals surface area contributed by atoms with Crippen molar-refractivity contribution in [3.05, 3.63) is 34.3 Å². The lowest BCUT2D eigenvalue weighted by molar-refractivity contribution is -0.122. The van der Waals surface area contributed by atoms with Gasteiger partial charge in [0, 0.05) is 27.9 Å². The van der Waals surface area contributed by atoms with Gasteiger partial charge in [0.05, 0.1) is 6.54 Å². The van der Waals surface area contributed by atoms with Crippen molar-refractivity contribution in [3.8, 4) is 0 Å². The van der Waals surface area contributed by atoms with Crippen LogP contribution in [0.25, 0.3) is 0 Å². The molecule has 0 radical (unpaired) electrons. The fourth-order valence-corrected chi connectivity index (χ4v) is 3.50. The molecule has 1 aromatic carbocycles. The molecule has 1 heterocycles. The first-order valence-corrected chi connectivity index (χ1v) is 7.37. The van der Waals surface area contributed by atoms with E-state index in [-0.39, 0.29) is 12.5 Å². The molecule has 0 aromatic heterocycles. The molecule has 1 fully saturated rings. The van der Waals surface area contributed by atoms with Gasteiger partial charge in [0.1, 0.15) is 6.54 Å². The normalized spacial score (nSPS) is 18.8. The van der Waals surface area contributed by atoms with Crippen LogP contribution in [0.3, 0.4) is 0 Å². The van der Waals surface area contributed by atoms with E-state index in [0.717, 1.165) is 10.0 Å². The Bertz CT molecular complexity index is 416. The van der Waals surface area contributed by atoms with Gasteiger partial charge in [0.15, 0.2) is 5.75 Å². The zero-order valence-corrected chi connectivity index (χ0v) is 11.6. The van der Waals surface area contributed by atoms with Crippen LogP contribution in [0.2, 0.25) is 0 Å². The minimum Gasteiger partial charge on any atom is -0.598 e. The van der Waals surface area contributed by atoms with Crippen molar-refractivity contribution in [1.29, 1.82) is 0 Å². The maximum Gasteiger partial charge on any atom is 0.238 e. The molecule has 1 amide bonds. The lowest BCUT2D eigenvalue weighted by atomic mass is 10.2. The summed E-state index contributed by atoms with van der Waals surface area (Å²) < 4.78 is 14.8. The van der Waals surface area contributed by atoms with Gasteiger partial charge in [-0.05, 0) is 6.07 Å². The summed E-state index contributed by atoms with van der Waals surface area (Å²) in [6.45, 7) is 1.43. The number of nitrogens with zero attached hydrogens (tertiary/aromatic N) is 1. The van der Waals surface area contributed by atoms with Crippen molar-refractivity contribution in [2.45, 2.75) is 5.75 Å². The summed E-state index contributed by atoms with van der Waals surface area (Å²) >= 11 is 2.28. The summed E-state index contributed by atoms with van der Waals surface area (Å²) in [4.78, 5) is 11.2. The molecule has 4 nitrogen and oxygen atoms in total. The number of halogens is 1. The molecule has 17 heavy (non-hydrogen) atoms. The molecule has 2 rings (SSSR count). The first kappa shape index (κ1) is 12.9. The topological polar surface area (TPSA) is 55.4 Å². The predicted molar refractivity (Wildman–Crippen MR) is 70.6 cm³/mol. The van der Waals surface area contributed by atoms with E-state index in [1.807, 2.05) is 24.3 Å². The lowest BCUT2D eigenvalue weighted by Crippen LogP contribution is -2.50. The highest BCUT2D eigenvalue weighted by atomic mass is 79.9. The van der Waals surface area contributed by atoms with E-state index in [2.05, 4.69) is 21.2 Å². The summed E-state index contributed by atoms with van der Waals surface area (Å²) in [6, 6.07) is 7.70. The molecule has 1 unspecified atom stereocenters. The van der Waals surface area contributed by atoms with Gasteiger partial charge in [-0.2, -0.15) is 0 Å². The first-order chi connectivity index (χ1) is 8.16. The number of benzene rings is 1. The Morgan fingerprint density at radius 3 is 2.94 bits per heavy atom. The van der Waals surface area contributed by atoms with Crippen LogP contribution in [0, 0.1) is 0 Å². The van der Waals surface area contributed by atoms with Crippen molar-refractivity contribution in [1.82, 2.24) is 9.62 Å². The Morgan fingerprint density at radius 1 is 1.47 bits per heavy atom. The summed E-state index contributed by atoms with van der Waals surface area (Å²) in [5.41, 5.74) is 0.997. The van der Waals surface area contributed by atoms with Crippen LogP contribution in [-0.2, 0) is 21.9 Å². The number of carbonyl (C=O) groups excluding carboxylic acids is 1. The Hall–Kier alpha value is -0.560. The van der Waals surface area contributed by atoms with E-state index >= 15 is 0 Å². The monoisotopic (exact) mass is 316 g/mol. The molecule has 0 aliphatic carbocycles. The van der Waals surface area contributed by atoms with Gasteiger partial charge in [0.25, 0.3) is 0 Å². The second-order valence-corrected chi connectivity index (χ2v) is 6.07. The third-order valence-corrected chi connectivity index (χ3v) is 4.75. The number of carbonyl (C=O) groups is 1. The van der Waals surface area contributed by atoms with Crippen LogP contribution in [0.4, 0.5) is 0 Å². The highest BCUT2D eigenvalue weighted by molar-refractivity contribution is 9.10. The van der Waals surface area contributed by atoms with Crippen LogP contribution >= 0.6 is 15.9 Å². The fourth-order valence-electron chi connectivity index (χ4n) is 1.63. The fraction of sp³-hybridized carbons (Fsp3) is 0.364. The van der Waals surface area contributed by atoms with Crippen molar-refractivity contribution in [2.75, 3.05) is 19.6 Å². The van der Waals surface area contributed by atoms with Crippen LogP contribution in [0.1, 0.15) is 5.56 Å². The van der Waals surface area contributed by atoms with Gasteiger partial charge in [0.2, 0.25) is 5.91 Å². The quantitative estimate of drug-likeness (QED) is 0.848. The third-order valence-electron chi connectivity index (χ3n) is 2.53. The maximum atomic E-state index is 12.1. The summed E-state index contributed by atoms with van der Waals surface area (Å²) in [6.07, 6.45) is 0. The summed E-state index contributed by atoms with van der Waals surface area (Å²) in [5.74, 6) is 0.381. The standard InChI is InChI=1S/C11H13BrN2O2S/c12-10-4-2-1-3-9(10)8-17(16)14-6-5-13-11(15)7-14/h1-4H,5-8H2,(H,13,15). The van der Waals surface area contributed by atoms with Crippen molar-refractivity contribution < 1.29 is 9.35 Å². The van der Waals surface area contributed by atoms with Gasteiger partial charge in [-0.15, -0.1) is 4.31 Å². The molecular weight excluding hydrogens is 304 g/mol. The second kappa shape index (κ2) is 5.86. The summed E-state index contributed by atoms with van der Waals surface area (Å²) in [7, 11) is 0. The molecule has 0 bridgehead atoms. The third kappa shape index (κ3) is 3.45. The number of nitrogens with one attached hydrogen (secondary N) is 1. The van der Waals surface area contributed by atoms with Gasteiger partial charge < -0.3 is 9.87 Å². The predicted octanol–water partition coefficient (Wildman–Crippen LogP) is 1.04. The number of rotatable bonds is 3. The van der Waals surface area contributed by atoms with Crippen LogP contribution < -0.4 is 5.32 Å². The Labute approximate surface area is 112 Å². The highest BCUT2D eigenvalue weighted by Crippen LogP contribution is 2.20. The molecule has 1 atom stereocenters. The molecule has 92 valence electrons. The number of hydrogen-bond donors (Lipinski definition) is 1. The Morgan fingerprint density at radius 2 is 2.24 bits per heavy atom. The van der Waals surface area contributed by atoms with E-state index < -0.39 is 11.4 Å². The van der Waals surface area contributed by atoms with E-state index in [9.17, 15) is 9.35 Å². The van der Waals surface area contributed by atoms with E-state index in [0.29, 0.717) is 18.8 Å². The molecule has 0 spiro atoms. The lowest BCUT2D eigenvalue weighted by Gasteiger charge is -2.27. The summed E-state index contributed by atoms with van der Waals surface area (Å²) in [5, 5.41) is 2.72. The minimum atomic E-state index is -1.15. The smallest absolute Gasteiger partial charge is 0.238 e. The molecule has 1 aromatic rings. The molecule has 6 heteroatoms. The molecule has 1 aliphatic rings. The van der Waals surface area contributed by atoms with Crippen LogP contribution in [-0.4, -0.2) is 34.4 Å².